The molecule has 0 aromatic heterocycles. The Kier molecular flexibility index (Phi) is 2.97. The first-order valence-corrected chi connectivity index (χ1v) is 6.17. The van der Waals surface area contributed by atoms with Gasteiger partial charge in [-0.3, -0.25) is 0 Å². The van der Waals surface area contributed by atoms with Gasteiger partial charge < -0.3 is 5.11 Å². The summed E-state index contributed by atoms with van der Waals surface area (Å²) in [5, 5.41) is 10.00. The molecule has 2 saturated carbocycles. The van der Waals surface area contributed by atoms with Crippen molar-refractivity contribution in [1.82, 2.24) is 0 Å². The van der Waals surface area contributed by atoms with Crippen molar-refractivity contribution < 1.29 is 18.3 Å². The van der Waals surface area contributed by atoms with Crippen LogP contribution in [0.3, 0.4) is 0 Å². The number of rotatable bonds is 1. The van der Waals surface area contributed by atoms with E-state index in [9.17, 15) is 18.3 Å². The second kappa shape index (κ2) is 3.90. The van der Waals surface area contributed by atoms with Crippen LogP contribution in [-0.2, 0) is 0 Å². The third kappa shape index (κ3) is 1.75. The standard InChI is InChI=1S/C12H19F3O/c1-2-8-7-11(16,12(13,14)15)10-5-3-4-9(8)6-10/h8-10,16H,2-7H2,1H3. The predicted molar refractivity (Wildman–Crippen MR) is 54.9 cm³/mol. The van der Waals surface area contributed by atoms with Gasteiger partial charge in [-0.1, -0.05) is 26.2 Å². The van der Waals surface area contributed by atoms with E-state index >= 15 is 0 Å². The van der Waals surface area contributed by atoms with Crippen molar-refractivity contribution in [2.75, 3.05) is 0 Å². The average Bonchev–Trinajstić information content (AvgIpc) is 2.23. The van der Waals surface area contributed by atoms with Crippen LogP contribution in [0.15, 0.2) is 0 Å². The molecule has 4 heteroatoms. The van der Waals surface area contributed by atoms with Crippen LogP contribution in [0, 0.1) is 17.8 Å². The molecule has 0 aromatic carbocycles. The van der Waals surface area contributed by atoms with Gasteiger partial charge in [-0.05, 0) is 37.0 Å². The van der Waals surface area contributed by atoms with Crippen molar-refractivity contribution in [1.29, 1.82) is 0 Å². The number of hydrogen-bond donors (Lipinski definition) is 1. The van der Waals surface area contributed by atoms with E-state index in [1.165, 1.54) is 0 Å². The van der Waals surface area contributed by atoms with Crippen molar-refractivity contribution in [2.45, 2.75) is 57.2 Å². The lowest BCUT2D eigenvalue weighted by Crippen LogP contribution is -2.57. The van der Waals surface area contributed by atoms with E-state index in [2.05, 4.69) is 0 Å². The Balaban J connectivity index is 2.25. The Morgan fingerprint density at radius 1 is 1.31 bits per heavy atom. The highest BCUT2D eigenvalue weighted by Gasteiger charge is 2.62. The lowest BCUT2D eigenvalue weighted by Gasteiger charge is -2.50. The van der Waals surface area contributed by atoms with Crippen molar-refractivity contribution in [3.05, 3.63) is 0 Å². The predicted octanol–water partition coefficient (Wildman–Crippen LogP) is 3.52. The van der Waals surface area contributed by atoms with Gasteiger partial charge in [-0.2, -0.15) is 13.2 Å². The van der Waals surface area contributed by atoms with Gasteiger partial charge in [0, 0.05) is 0 Å². The summed E-state index contributed by atoms with van der Waals surface area (Å²) in [6.07, 6.45) is -0.823. The molecule has 0 saturated heterocycles. The van der Waals surface area contributed by atoms with Crippen molar-refractivity contribution in [3.8, 4) is 0 Å². The van der Waals surface area contributed by atoms with Crippen LogP contribution in [0.25, 0.3) is 0 Å². The molecule has 4 unspecified atom stereocenters. The SMILES string of the molecule is CCC1CC(O)(C(F)(F)F)C2CCCC1C2. The molecule has 1 nitrogen and oxygen atoms in total. The first-order chi connectivity index (χ1) is 7.38. The summed E-state index contributed by atoms with van der Waals surface area (Å²) in [5.74, 6) is -0.108. The Hall–Kier alpha value is -0.250. The third-order valence-electron chi connectivity index (χ3n) is 4.65. The first-order valence-electron chi connectivity index (χ1n) is 6.17. The molecule has 2 aliphatic rings. The fraction of sp³-hybridized carbons (Fsp3) is 1.00. The minimum absolute atomic E-state index is 0.0446. The number of hydrogen-bond acceptors (Lipinski definition) is 1. The summed E-state index contributed by atoms with van der Waals surface area (Å²) in [4.78, 5) is 0. The minimum Gasteiger partial charge on any atom is -0.380 e. The molecule has 0 radical (unpaired) electrons. The number of halogens is 3. The monoisotopic (exact) mass is 236 g/mol. The molecule has 0 heterocycles. The lowest BCUT2D eigenvalue weighted by atomic mass is 9.59. The van der Waals surface area contributed by atoms with Crippen LogP contribution >= 0.6 is 0 Å². The molecular weight excluding hydrogens is 217 g/mol. The Labute approximate surface area is 94.0 Å². The van der Waals surface area contributed by atoms with E-state index in [4.69, 9.17) is 0 Å². The van der Waals surface area contributed by atoms with Crippen molar-refractivity contribution in [3.63, 3.8) is 0 Å². The van der Waals surface area contributed by atoms with Crippen LogP contribution in [0.1, 0.15) is 45.4 Å². The first kappa shape index (κ1) is 12.2. The summed E-state index contributed by atoms with van der Waals surface area (Å²) < 4.78 is 38.9. The normalized spacial score (nSPS) is 44.4. The highest BCUT2D eigenvalue weighted by molar-refractivity contribution is 5.02. The van der Waals surface area contributed by atoms with Crippen molar-refractivity contribution >= 4 is 0 Å². The zero-order chi connectivity index (χ0) is 12.0. The molecule has 0 aromatic rings. The van der Waals surface area contributed by atoms with Crippen LogP contribution in [-0.4, -0.2) is 16.9 Å². The maximum Gasteiger partial charge on any atom is 0.417 e. The molecule has 0 amide bonds. The zero-order valence-corrected chi connectivity index (χ0v) is 9.56. The van der Waals surface area contributed by atoms with Gasteiger partial charge in [-0.15, -0.1) is 0 Å². The maximum atomic E-state index is 13.0. The summed E-state index contributed by atoms with van der Waals surface area (Å²) >= 11 is 0. The number of aliphatic hydroxyl groups is 1. The van der Waals surface area contributed by atoms with Gasteiger partial charge in [-0.25, -0.2) is 0 Å². The molecule has 0 aliphatic heterocycles. The van der Waals surface area contributed by atoms with Crippen molar-refractivity contribution in [2.24, 2.45) is 17.8 Å². The summed E-state index contributed by atoms with van der Waals surface area (Å²) in [7, 11) is 0. The van der Waals surface area contributed by atoms with Crippen LogP contribution in [0.5, 0.6) is 0 Å². The quantitative estimate of drug-likeness (QED) is 0.738. The zero-order valence-electron chi connectivity index (χ0n) is 9.56. The van der Waals surface area contributed by atoms with Gasteiger partial charge >= 0.3 is 6.18 Å². The van der Waals surface area contributed by atoms with Crippen LogP contribution < -0.4 is 0 Å². The van der Waals surface area contributed by atoms with Gasteiger partial charge in [0.1, 0.15) is 0 Å². The number of alkyl halides is 3. The summed E-state index contributed by atoms with van der Waals surface area (Å²) in [6, 6.07) is 0. The maximum absolute atomic E-state index is 13.0. The summed E-state index contributed by atoms with van der Waals surface area (Å²) in [5.41, 5.74) is -2.41. The van der Waals surface area contributed by atoms with Gasteiger partial charge in [0.15, 0.2) is 5.60 Å². The topological polar surface area (TPSA) is 20.2 Å². The van der Waals surface area contributed by atoms with Gasteiger partial charge in [0.2, 0.25) is 0 Å². The minimum atomic E-state index is -4.46. The summed E-state index contributed by atoms with van der Waals surface area (Å²) in [6.45, 7) is 1.93. The molecule has 2 aliphatic carbocycles. The van der Waals surface area contributed by atoms with E-state index in [0.717, 1.165) is 19.3 Å². The average molecular weight is 236 g/mol. The van der Waals surface area contributed by atoms with E-state index in [-0.39, 0.29) is 12.3 Å². The molecular formula is C12H19F3O. The fourth-order valence-electron chi connectivity index (χ4n) is 3.65. The fourth-order valence-corrected chi connectivity index (χ4v) is 3.65. The van der Waals surface area contributed by atoms with E-state index in [1.54, 1.807) is 0 Å². The van der Waals surface area contributed by atoms with E-state index < -0.39 is 17.7 Å². The Morgan fingerprint density at radius 2 is 2.00 bits per heavy atom. The molecule has 94 valence electrons. The van der Waals surface area contributed by atoms with Gasteiger partial charge in [0.25, 0.3) is 0 Å². The second-order valence-corrected chi connectivity index (χ2v) is 5.42. The Morgan fingerprint density at radius 3 is 2.56 bits per heavy atom. The largest absolute Gasteiger partial charge is 0.417 e. The molecule has 2 rings (SSSR count). The Bertz CT molecular complexity index is 263. The molecule has 2 fully saturated rings. The van der Waals surface area contributed by atoms with Crippen LogP contribution in [0.2, 0.25) is 0 Å². The molecule has 1 N–H and O–H groups in total. The smallest absolute Gasteiger partial charge is 0.380 e. The highest BCUT2D eigenvalue weighted by atomic mass is 19.4. The molecule has 2 bridgehead atoms. The highest BCUT2D eigenvalue weighted by Crippen LogP contribution is 2.54. The van der Waals surface area contributed by atoms with E-state index in [1.807, 2.05) is 6.92 Å². The molecule has 4 atom stereocenters. The molecule has 16 heavy (non-hydrogen) atoms. The van der Waals surface area contributed by atoms with Gasteiger partial charge in [0.05, 0.1) is 0 Å². The third-order valence-corrected chi connectivity index (χ3v) is 4.65. The lowest BCUT2D eigenvalue weighted by molar-refractivity contribution is -0.301. The second-order valence-electron chi connectivity index (χ2n) is 5.42. The van der Waals surface area contributed by atoms with Crippen LogP contribution in [0.4, 0.5) is 13.2 Å². The van der Waals surface area contributed by atoms with E-state index in [0.29, 0.717) is 18.8 Å². The number of fused-ring (bicyclic) bond motifs is 2. The molecule has 0 spiro atoms.